The van der Waals surface area contributed by atoms with Gasteiger partial charge in [0, 0.05) is 18.4 Å². The molecule has 2 atom stereocenters. The van der Waals surface area contributed by atoms with E-state index in [9.17, 15) is 19.2 Å². The van der Waals surface area contributed by atoms with Crippen LogP contribution < -0.4 is 0 Å². The van der Waals surface area contributed by atoms with Crippen molar-refractivity contribution in [2.45, 2.75) is 25.4 Å². The van der Waals surface area contributed by atoms with Crippen LogP contribution in [-0.4, -0.2) is 30.6 Å². The third kappa shape index (κ3) is 3.39. The molecule has 0 aliphatic carbocycles. The number of hydrogen-bond donors (Lipinski definition) is 0. The molecule has 1 saturated heterocycles. The zero-order valence-corrected chi connectivity index (χ0v) is 12.1. The zero-order valence-electron chi connectivity index (χ0n) is 12.1. The van der Waals surface area contributed by atoms with E-state index in [0.717, 1.165) is 0 Å². The second kappa shape index (κ2) is 6.98. The number of carbonyl (C=O) groups excluding carboxylic acids is 4. The number of ether oxygens (including phenoxy) is 2. The van der Waals surface area contributed by atoms with Crippen molar-refractivity contribution in [1.82, 2.24) is 0 Å². The van der Waals surface area contributed by atoms with Gasteiger partial charge < -0.3 is 9.47 Å². The average Bonchev–Trinajstić information content (AvgIpc) is 2.82. The highest BCUT2D eigenvalue weighted by Crippen LogP contribution is 2.31. The van der Waals surface area contributed by atoms with E-state index in [-0.39, 0.29) is 19.3 Å². The Bertz CT molecular complexity index is 592. The highest BCUT2D eigenvalue weighted by molar-refractivity contribution is 6.21. The standard InChI is InChI=1S/C16H16O6/c1-21-12(18)9-5-8-11(17)13-14(19)15(22-16(13)20)10-6-3-2-4-7-10/h2-4,6-7,13,15H,5,8-9H2,1H3. The van der Waals surface area contributed by atoms with E-state index in [1.165, 1.54) is 7.11 Å². The Labute approximate surface area is 127 Å². The Morgan fingerprint density at radius 1 is 1.14 bits per heavy atom. The summed E-state index contributed by atoms with van der Waals surface area (Å²) in [6.45, 7) is 0. The molecule has 0 spiro atoms. The molecule has 2 unspecified atom stereocenters. The lowest BCUT2D eigenvalue weighted by atomic mass is 9.92. The van der Waals surface area contributed by atoms with Gasteiger partial charge in [-0.05, 0) is 6.42 Å². The highest BCUT2D eigenvalue weighted by Gasteiger charge is 2.47. The molecule has 6 nitrogen and oxygen atoms in total. The van der Waals surface area contributed by atoms with Crippen LogP contribution in [0.5, 0.6) is 0 Å². The van der Waals surface area contributed by atoms with Gasteiger partial charge in [0.05, 0.1) is 7.11 Å². The second-order valence-corrected chi connectivity index (χ2v) is 4.96. The molecule has 1 aromatic rings. The molecule has 0 bridgehead atoms. The summed E-state index contributed by atoms with van der Waals surface area (Å²) in [5, 5.41) is 0. The minimum absolute atomic E-state index is 0.0396. The average molecular weight is 304 g/mol. The molecule has 1 aromatic carbocycles. The van der Waals surface area contributed by atoms with Crippen LogP contribution in [0.15, 0.2) is 30.3 Å². The summed E-state index contributed by atoms with van der Waals surface area (Å²) in [5.74, 6) is -3.70. The molecule has 1 fully saturated rings. The molecule has 22 heavy (non-hydrogen) atoms. The van der Waals surface area contributed by atoms with Gasteiger partial charge >= 0.3 is 11.9 Å². The quantitative estimate of drug-likeness (QED) is 0.583. The molecule has 0 aromatic heterocycles. The summed E-state index contributed by atoms with van der Waals surface area (Å²) >= 11 is 0. The van der Waals surface area contributed by atoms with Crippen LogP contribution in [0.4, 0.5) is 0 Å². The molecule has 6 heteroatoms. The van der Waals surface area contributed by atoms with Crippen LogP contribution in [0.25, 0.3) is 0 Å². The third-order valence-electron chi connectivity index (χ3n) is 3.47. The third-order valence-corrected chi connectivity index (χ3v) is 3.47. The summed E-state index contributed by atoms with van der Waals surface area (Å²) in [4.78, 5) is 47.1. The van der Waals surface area contributed by atoms with E-state index in [1.54, 1.807) is 30.3 Å². The first kappa shape index (κ1) is 15.9. The van der Waals surface area contributed by atoms with Crippen LogP contribution in [0.1, 0.15) is 30.9 Å². The number of ketones is 2. The Kier molecular flexibility index (Phi) is 5.04. The van der Waals surface area contributed by atoms with Crippen LogP contribution in [-0.2, 0) is 28.7 Å². The summed E-state index contributed by atoms with van der Waals surface area (Å²) in [6, 6.07) is 8.56. The predicted molar refractivity (Wildman–Crippen MR) is 74.6 cm³/mol. The lowest BCUT2D eigenvalue weighted by Gasteiger charge is -2.07. The van der Waals surface area contributed by atoms with E-state index in [2.05, 4.69) is 4.74 Å². The Morgan fingerprint density at radius 2 is 1.82 bits per heavy atom. The smallest absolute Gasteiger partial charge is 0.325 e. The lowest BCUT2D eigenvalue weighted by Crippen LogP contribution is -2.26. The molecule has 0 radical (unpaired) electrons. The molecule has 1 aliphatic heterocycles. The van der Waals surface area contributed by atoms with Crippen molar-refractivity contribution in [3.63, 3.8) is 0 Å². The van der Waals surface area contributed by atoms with E-state index in [0.29, 0.717) is 5.56 Å². The first-order valence-corrected chi connectivity index (χ1v) is 6.93. The van der Waals surface area contributed by atoms with Gasteiger partial charge in [0.1, 0.15) is 0 Å². The molecule has 0 amide bonds. The number of cyclic esters (lactones) is 1. The first-order chi connectivity index (χ1) is 10.5. The van der Waals surface area contributed by atoms with Crippen molar-refractivity contribution >= 4 is 23.5 Å². The lowest BCUT2D eigenvalue weighted by molar-refractivity contribution is -0.147. The van der Waals surface area contributed by atoms with Gasteiger partial charge in [0.2, 0.25) is 0 Å². The van der Waals surface area contributed by atoms with Gasteiger partial charge in [-0.3, -0.25) is 19.2 Å². The maximum atomic E-state index is 12.3. The summed E-state index contributed by atoms with van der Waals surface area (Å²) in [7, 11) is 1.26. The second-order valence-electron chi connectivity index (χ2n) is 4.96. The SMILES string of the molecule is COC(=O)CCCC(=O)C1C(=O)OC(c2ccccc2)C1=O. The van der Waals surface area contributed by atoms with Crippen molar-refractivity contribution in [1.29, 1.82) is 0 Å². The van der Waals surface area contributed by atoms with Crippen LogP contribution in [0.2, 0.25) is 0 Å². The number of carbonyl (C=O) groups is 4. The molecule has 1 heterocycles. The van der Waals surface area contributed by atoms with E-state index in [4.69, 9.17) is 4.74 Å². The van der Waals surface area contributed by atoms with Gasteiger partial charge in [-0.15, -0.1) is 0 Å². The van der Waals surface area contributed by atoms with E-state index >= 15 is 0 Å². The maximum absolute atomic E-state index is 12.3. The number of benzene rings is 1. The van der Waals surface area contributed by atoms with Gasteiger partial charge in [-0.1, -0.05) is 30.3 Å². The van der Waals surface area contributed by atoms with Crippen molar-refractivity contribution in [3.05, 3.63) is 35.9 Å². The van der Waals surface area contributed by atoms with Gasteiger partial charge in [-0.25, -0.2) is 0 Å². The molecule has 0 N–H and O–H groups in total. The van der Waals surface area contributed by atoms with Crippen molar-refractivity contribution < 1.29 is 28.7 Å². The minimum atomic E-state index is -1.39. The first-order valence-electron chi connectivity index (χ1n) is 6.93. The van der Waals surface area contributed by atoms with Gasteiger partial charge in [0.15, 0.2) is 23.6 Å². The summed E-state index contributed by atoms with van der Waals surface area (Å²) in [5.41, 5.74) is 0.547. The maximum Gasteiger partial charge on any atom is 0.325 e. The summed E-state index contributed by atoms with van der Waals surface area (Å²) < 4.78 is 9.51. The molecule has 2 rings (SSSR count). The topological polar surface area (TPSA) is 86.7 Å². The molecular weight excluding hydrogens is 288 g/mol. The molecule has 0 saturated carbocycles. The Morgan fingerprint density at radius 3 is 2.45 bits per heavy atom. The molecule has 116 valence electrons. The monoisotopic (exact) mass is 304 g/mol. The number of rotatable bonds is 6. The largest absolute Gasteiger partial charge is 0.469 e. The van der Waals surface area contributed by atoms with Crippen molar-refractivity contribution in [2.75, 3.05) is 7.11 Å². The Hall–Kier alpha value is -2.50. The fourth-order valence-electron chi connectivity index (χ4n) is 2.31. The van der Waals surface area contributed by atoms with Crippen molar-refractivity contribution in [3.8, 4) is 0 Å². The fraction of sp³-hybridized carbons (Fsp3) is 0.375. The number of hydrogen-bond acceptors (Lipinski definition) is 6. The van der Waals surface area contributed by atoms with Crippen LogP contribution in [0, 0.1) is 5.92 Å². The number of Topliss-reactive ketones (excluding diaryl/α,β-unsaturated/α-hetero) is 2. The number of esters is 2. The normalized spacial score (nSPS) is 20.6. The van der Waals surface area contributed by atoms with Crippen LogP contribution in [0.3, 0.4) is 0 Å². The van der Waals surface area contributed by atoms with Crippen LogP contribution >= 0.6 is 0 Å². The fourth-order valence-corrected chi connectivity index (χ4v) is 2.31. The zero-order chi connectivity index (χ0) is 16.1. The van der Waals surface area contributed by atoms with Crippen molar-refractivity contribution in [2.24, 2.45) is 5.92 Å². The van der Waals surface area contributed by atoms with Gasteiger partial charge in [0.25, 0.3) is 0 Å². The number of methoxy groups -OCH3 is 1. The molecule has 1 aliphatic rings. The summed E-state index contributed by atoms with van der Waals surface area (Å²) in [6.07, 6.45) is -0.760. The van der Waals surface area contributed by atoms with E-state index in [1.807, 2.05) is 0 Å². The highest BCUT2D eigenvalue weighted by atomic mass is 16.6. The predicted octanol–water partition coefficient (Wildman–Crippen LogP) is 1.38. The van der Waals surface area contributed by atoms with Gasteiger partial charge in [-0.2, -0.15) is 0 Å². The Balaban J connectivity index is 2.00. The molecular formula is C16H16O6. The minimum Gasteiger partial charge on any atom is -0.469 e. The van der Waals surface area contributed by atoms with E-state index < -0.39 is 35.5 Å².